The molecular weight excluding hydrogens is 234 g/mol. The molecule has 0 amide bonds. The zero-order valence-electron chi connectivity index (χ0n) is 11.1. The van der Waals surface area contributed by atoms with Crippen molar-refractivity contribution >= 4 is 11.6 Å². The summed E-state index contributed by atoms with van der Waals surface area (Å²) in [5, 5.41) is 4.12. The van der Waals surface area contributed by atoms with Gasteiger partial charge < -0.3 is 10.1 Å². The molecule has 0 unspecified atom stereocenters. The monoisotopic (exact) mass is 255 g/mol. The molecule has 0 heterocycles. The minimum absolute atomic E-state index is 0.150. The number of benzene rings is 1. The summed E-state index contributed by atoms with van der Waals surface area (Å²) in [7, 11) is 0. The Hall–Kier alpha value is -0.730. The smallest absolute Gasteiger partial charge is 0.138 e. The van der Waals surface area contributed by atoms with Crippen LogP contribution in [0.25, 0.3) is 0 Å². The van der Waals surface area contributed by atoms with E-state index in [9.17, 15) is 0 Å². The lowest BCUT2D eigenvalue weighted by Gasteiger charge is -2.14. The molecule has 0 saturated carbocycles. The second-order valence-corrected chi connectivity index (χ2v) is 5.03. The zero-order valence-corrected chi connectivity index (χ0v) is 11.8. The molecule has 0 bridgehead atoms. The molecule has 1 aromatic rings. The predicted octanol–water partition coefficient (Wildman–Crippen LogP) is 4.02. The van der Waals surface area contributed by atoms with Gasteiger partial charge in [0.05, 0.1) is 11.1 Å². The third kappa shape index (κ3) is 4.97. The Morgan fingerprint density at radius 3 is 2.53 bits per heavy atom. The fraction of sp³-hybridized carbons (Fsp3) is 0.571. The van der Waals surface area contributed by atoms with E-state index in [-0.39, 0.29) is 6.10 Å². The van der Waals surface area contributed by atoms with Crippen molar-refractivity contribution in [1.29, 1.82) is 0 Å². The molecule has 0 saturated heterocycles. The first-order chi connectivity index (χ1) is 8.02. The van der Waals surface area contributed by atoms with Gasteiger partial charge >= 0.3 is 0 Å². The van der Waals surface area contributed by atoms with Gasteiger partial charge in [-0.2, -0.15) is 0 Å². The highest BCUT2D eigenvalue weighted by molar-refractivity contribution is 6.32. The standard InChI is InChI=1S/C14H22ClNO/c1-5-11(4)16-9-12-6-7-14(13(15)8-12)17-10(2)3/h6-8,10-11,16H,5,9H2,1-4H3/t11-/m0/s1. The number of hydrogen-bond donors (Lipinski definition) is 1. The van der Waals surface area contributed by atoms with E-state index in [1.165, 1.54) is 5.56 Å². The Morgan fingerprint density at radius 1 is 1.29 bits per heavy atom. The Labute approximate surface area is 109 Å². The maximum atomic E-state index is 6.17. The molecule has 1 atom stereocenters. The van der Waals surface area contributed by atoms with E-state index in [4.69, 9.17) is 16.3 Å². The van der Waals surface area contributed by atoms with Crippen LogP contribution in [0.5, 0.6) is 5.75 Å². The minimum Gasteiger partial charge on any atom is -0.489 e. The van der Waals surface area contributed by atoms with Gasteiger partial charge in [0.15, 0.2) is 0 Å². The van der Waals surface area contributed by atoms with Crippen LogP contribution in [-0.2, 0) is 6.54 Å². The number of hydrogen-bond acceptors (Lipinski definition) is 2. The van der Waals surface area contributed by atoms with Crippen LogP contribution < -0.4 is 10.1 Å². The van der Waals surface area contributed by atoms with Crippen molar-refractivity contribution in [2.45, 2.75) is 52.8 Å². The fourth-order valence-electron chi connectivity index (χ4n) is 1.44. The van der Waals surface area contributed by atoms with Crippen molar-refractivity contribution in [3.05, 3.63) is 28.8 Å². The molecule has 0 radical (unpaired) electrons. The van der Waals surface area contributed by atoms with Crippen LogP contribution in [-0.4, -0.2) is 12.1 Å². The summed E-state index contributed by atoms with van der Waals surface area (Å²) in [6.07, 6.45) is 1.28. The molecule has 0 aromatic heterocycles. The lowest BCUT2D eigenvalue weighted by Crippen LogP contribution is -2.24. The number of nitrogens with one attached hydrogen (secondary N) is 1. The van der Waals surface area contributed by atoms with Gasteiger partial charge in [0.1, 0.15) is 5.75 Å². The molecule has 0 aliphatic heterocycles. The van der Waals surface area contributed by atoms with E-state index in [1.807, 2.05) is 26.0 Å². The summed E-state index contributed by atoms with van der Waals surface area (Å²) in [5.74, 6) is 0.758. The van der Waals surface area contributed by atoms with E-state index in [2.05, 4.69) is 25.2 Å². The maximum Gasteiger partial charge on any atom is 0.138 e. The van der Waals surface area contributed by atoms with Crippen LogP contribution >= 0.6 is 11.6 Å². The molecule has 0 aliphatic carbocycles. The SMILES string of the molecule is CC[C@H](C)NCc1ccc(OC(C)C)c(Cl)c1. The van der Waals surface area contributed by atoms with Gasteiger partial charge in [-0.1, -0.05) is 24.6 Å². The van der Waals surface area contributed by atoms with E-state index >= 15 is 0 Å². The fourth-order valence-corrected chi connectivity index (χ4v) is 1.69. The Kier molecular flexibility index (Phi) is 5.79. The van der Waals surface area contributed by atoms with Crippen molar-refractivity contribution in [2.24, 2.45) is 0 Å². The highest BCUT2D eigenvalue weighted by Crippen LogP contribution is 2.26. The first kappa shape index (κ1) is 14.3. The van der Waals surface area contributed by atoms with Crippen LogP contribution in [0.15, 0.2) is 18.2 Å². The quantitative estimate of drug-likeness (QED) is 0.829. The van der Waals surface area contributed by atoms with Crippen molar-refractivity contribution in [3.8, 4) is 5.75 Å². The minimum atomic E-state index is 0.150. The van der Waals surface area contributed by atoms with Crippen LogP contribution in [0.2, 0.25) is 5.02 Å². The van der Waals surface area contributed by atoms with Crippen molar-refractivity contribution in [1.82, 2.24) is 5.32 Å². The van der Waals surface area contributed by atoms with Gasteiger partial charge in [-0.25, -0.2) is 0 Å². The average Bonchev–Trinajstić information content (AvgIpc) is 2.28. The largest absolute Gasteiger partial charge is 0.489 e. The van der Waals surface area contributed by atoms with E-state index < -0.39 is 0 Å². The second-order valence-electron chi connectivity index (χ2n) is 4.62. The van der Waals surface area contributed by atoms with Crippen molar-refractivity contribution in [3.63, 3.8) is 0 Å². The van der Waals surface area contributed by atoms with E-state index in [0.717, 1.165) is 18.7 Å². The Morgan fingerprint density at radius 2 is 2.00 bits per heavy atom. The molecule has 1 rings (SSSR count). The lowest BCUT2D eigenvalue weighted by molar-refractivity contribution is 0.242. The van der Waals surface area contributed by atoms with Gasteiger partial charge in [-0.05, 0) is 44.9 Å². The third-order valence-corrected chi connectivity index (χ3v) is 2.92. The Balaban J connectivity index is 2.62. The summed E-state index contributed by atoms with van der Waals surface area (Å²) >= 11 is 6.17. The van der Waals surface area contributed by atoms with E-state index in [0.29, 0.717) is 11.1 Å². The normalized spacial score (nSPS) is 12.8. The van der Waals surface area contributed by atoms with Gasteiger partial charge in [0.25, 0.3) is 0 Å². The summed E-state index contributed by atoms with van der Waals surface area (Å²) in [6, 6.07) is 6.49. The molecule has 0 spiro atoms. The van der Waals surface area contributed by atoms with Crippen LogP contribution in [0.1, 0.15) is 39.7 Å². The van der Waals surface area contributed by atoms with Gasteiger partial charge in [-0.3, -0.25) is 0 Å². The second kappa shape index (κ2) is 6.87. The van der Waals surface area contributed by atoms with Gasteiger partial charge in [-0.15, -0.1) is 0 Å². The summed E-state index contributed by atoms with van der Waals surface area (Å²) < 4.78 is 5.59. The molecule has 96 valence electrons. The summed E-state index contributed by atoms with van der Waals surface area (Å²) in [4.78, 5) is 0. The van der Waals surface area contributed by atoms with Crippen molar-refractivity contribution in [2.75, 3.05) is 0 Å². The number of rotatable bonds is 6. The highest BCUT2D eigenvalue weighted by Gasteiger charge is 2.05. The lowest BCUT2D eigenvalue weighted by atomic mass is 10.2. The average molecular weight is 256 g/mol. The van der Waals surface area contributed by atoms with Gasteiger partial charge in [0, 0.05) is 12.6 Å². The van der Waals surface area contributed by atoms with E-state index in [1.54, 1.807) is 0 Å². The Bertz CT molecular complexity index is 352. The van der Waals surface area contributed by atoms with Crippen LogP contribution in [0.3, 0.4) is 0 Å². The highest BCUT2D eigenvalue weighted by atomic mass is 35.5. The molecular formula is C14H22ClNO. The number of halogens is 1. The molecule has 17 heavy (non-hydrogen) atoms. The molecule has 3 heteroatoms. The molecule has 0 aliphatic rings. The summed E-state index contributed by atoms with van der Waals surface area (Å²) in [5.41, 5.74) is 1.19. The predicted molar refractivity (Wildman–Crippen MR) is 73.8 cm³/mol. The molecule has 0 fully saturated rings. The number of ether oxygens (including phenoxy) is 1. The van der Waals surface area contributed by atoms with Gasteiger partial charge in [0.2, 0.25) is 0 Å². The van der Waals surface area contributed by atoms with Crippen LogP contribution in [0.4, 0.5) is 0 Å². The maximum absolute atomic E-state index is 6.17. The molecule has 1 N–H and O–H groups in total. The molecule has 1 aromatic carbocycles. The van der Waals surface area contributed by atoms with Crippen LogP contribution in [0, 0.1) is 0 Å². The molecule has 2 nitrogen and oxygen atoms in total. The first-order valence-electron chi connectivity index (χ1n) is 6.21. The zero-order chi connectivity index (χ0) is 12.8. The first-order valence-corrected chi connectivity index (χ1v) is 6.59. The summed E-state index contributed by atoms with van der Waals surface area (Å²) in [6.45, 7) is 9.18. The third-order valence-electron chi connectivity index (χ3n) is 2.63. The topological polar surface area (TPSA) is 21.3 Å². The van der Waals surface area contributed by atoms with Crippen molar-refractivity contribution < 1.29 is 4.74 Å².